The number of rotatable bonds is 45. The van der Waals surface area contributed by atoms with E-state index in [1.807, 2.05) is 0 Å². The monoisotopic (exact) mass is 781 g/mol. The second kappa shape index (κ2) is 51.4. The fourth-order valence-corrected chi connectivity index (χ4v) is 7.73. The maximum atomic E-state index is 12.1. The average Bonchev–Trinajstić information content (AvgIpc) is 3.18. The number of carbonyl (C=O) groups excluding carboxylic acids is 1. The van der Waals surface area contributed by atoms with Crippen molar-refractivity contribution < 1.29 is 19.7 Å². The van der Waals surface area contributed by atoms with Crippen LogP contribution in [0.1, 0.15) is 310 Å². The lowest BCUT2D eigenvalue weighted by atomic mass is 10.0. The van der Waals surface area contributed by atoms with Crippen molar-refractivity contribution in [3.8, 4) is 0 Å². The first kappa shape index (κ1) is 56.5. The van der Waals surface area contributed by atoms with Crippen LogP contribution in [0.25, 0.3) is 0 Å². The molecule has 2 unspecified atom stereocenters. The summed E-state index contributed by atoms with van der Waals surface area (Å²) in [5, 5.41) is 20.2. The summed E-state index contributed by atoms with van der Waals surface area (Å²) in [5.74, 6) is -0.660. The van der Waals surface area contributed by atoms with E-state index in [0.717, 1.165) is 25.7 Å². The summed E-state index contributed by atoms with van der Waals surface area (Å²) in [4.78, 5) is 12.1. The highest BCUT2D eigenvalue weighted by Crippen LogP contribution is 2.18. The van der Waals surface area contributed by atoms with Crippen LogP contribution in [-0.2, 0) is 9.53 Å². The Bertz CT molecular complexity index is 680. The maximum Gasteiger partial charge on any atom is 0.337 e. The Kier molecular flexibility index (Phi) is 52.8. The summed E-state index contributed by atoms with van der Waals surface area (Å²) >= 11 is 0. The van der Waals surface area contributed by atoms with Crippen molar-refractivity contribution in [1.82, 2.24) is 0 Å². The van der Waals surface area contributed by atoms with Crippen molar-refractivity contribution in [2.75, 3.05) is 0 Å². The van der Waals surface area contributed by atoms with Gasteiger partial charge in [-0.25, -0.2) is 4.79 Å². The van der Waals surface area contributed by atoms with E-state index in [0.29, 0.717) is 12.8 Å². The van der Waals surface area contributed by atoms with Gasteiger partial charge in [0.2, 0.25) is 6.29 Å². The van der Waals surface area contributed by atoms with Crippen molar-refractivity contribution >= 4 is 5.97 Å². The number of carbonyl (C=O) groups is 1. The van der Waals surface area contributed by atoms with Gasteiger partial charge in [-0.1, -0.05) is 291 Å². The molecule has 0 aromatic rings. The van der Waals surface area contributed by atoms with E-state index in [9.17, 15) is 15.0 Å². The minimum Gasteiger partial charge on any atom is -0.434 e. The van der Waals surface area contributed by atoms with Crippen LogP contribution in [0.15, 0.2) is 0 Å². The molecule has 0 aromatic carbocycles. The van der Waals surface area contributed by atoms with Crippen LogP contribution in [0.5, 0.6) is 0 Å². The van der Waals surface area contributed by atoms with Gasteiger partial charge < -0.3 is 14.9 Å². The number of esters is 1. The fourth-order valence-electron chi connectivity index (χ4n) is 7.73. The zero-order valence-corrected chi connectivity index (χ0v) is 38.5. The van der Waals surface area contributed by atoms with Gasteiger partial charge in [0.15, 0.2) is 6.10 Å². The molecule has 2 atom stereocenters. The summed E-state index contributed by atoms with van der Waals surface area (Å²) in [5.41, 5.74) is 0. The molecule has 4 nitrogen and oxygen atoms in total. The van der Waals surface area contributed by atoms with E-state index >= 15 is 0 Å². The van der Waals surface area contributed by atoms with E-state index in [1.54, 1.807) is 0 Å². The van der Waals surface area contributed by atoms with Gasteiger partial charge in [-0.05, 0) is 12.8 Å². The lowest BCUT2D eigenvalue weighted by Crippen LogP contribution is -2.28. The van der Waals surface area contributed by atoms with E-state index in [1.165, 1.54) is 244 Å². The molecule has 0 aliphatic rings. The molecule has 332 valence electrons. The molecule has 0 spiro atoms. The lowest BCUT2D eigenvalue weighted by molar-refractivity contribution is -0.178. The van der Waals surface area contributed by atoms with Gasteiger partial charge in [-0.15, -0.1) is 0 Å². The first-order valence-electron chi connectivity index (χ1n) is 25.6. The van der Waals surface area contributed by atoms with Crippen LogP contribution < -0.4 is 0 Å². The summed E-state index contributed by atoms with van der Waals surface area (Å²) in [7, 11) is 0. The van der Waals surface area contributed by atoms with Gasteiger partial charge in [0, 0.05) is 6.42 Å². The summed E-state index contributed by atoms with van der Waals surface area (Å²) < 4.78 is 5.10. The maximum absolute atomic E-state index is 12.1. The molecule has 0 bridgehead atoms. The van der Waals surface area contributed by atoms with Gasteiger partial charge in [-0.2, -0.15) is 0 Å². The van der Waals surface area contributed by atoms with E-state index in [4.69, 9.17) is 4.74 Å². The molecular formula is C51H104O4. The van der Waals surface area contributed by atoms with Crippen LogP contribution in [0.4, 0.5) is 0 Å². The van der Waals surface area contributed by atoms with Gasteiger partial charge in [-0.3, -0.25) is 0 Å². The molecular weight excluding hydrogens is 677 g/mol. The normalized spacial score (nSPS) is 12.4. The smallest absolute Gasteiger partial charge is 0.337 e. The third-order valence-electron chi connectivity index (χ3n) is 11.6. The third-order valence-corrected chi connectivity index (χ3v) is 11.6. The second-order valence-electron chi connectivity index (χ2n) is 17.4. The molecule has 55 heavy (non-hydrogen) atoms. The van der Waals surface area contributed by atoms with E-state index < -0.39 is 18.4 Å². The van der Waals surface area contributed by atoms with E-state index in [2.05, 4.69) is 27.7 Å². The highest BCUT2D eigenvalue weighted by atomic mass is 16.6. The Morgan fingerprint density at radius 3 is 0.727 bits per heavy atom. The van der Waals surface area contributed by atoms with Crippen molar-refractivity contribution in [2.24, 2.45) is 0 Å². The Labute approximate surface area is 347 Å². The SMILES string of the molecule is CCCCC.CCCCCCCCCCCCCCCCCCCCCCCCCCCC(O)OC(=O)C(O)CCCCCCCCCCCCCCCC. The summed E-state index contributed by atoms with van der Waals surface area (Å²) in [6.45, 7) is 8.99. The van der Waals surface area contributed by atoms with Crippen LogP contribution in [-0.4, -0.2) is 28.6 Å². The Balaban J connectivity index is 0. The van der Waals surface area contributed by atoms with Crippen LogP contribution in [0.2, 0.25) is 0 Å². The van der Waals surface area contributed by atoms with Crippen molar-refractivity contribution in [3.05, 3.63) is 0 Å². The van der Waals surface area contributed by atoms with Crippen LogP contribution >= 0.6 is 0 Å². The number of aliphatic hydroxyl groups is 2. The van der Waals surface area contributed by atoms with Crippen molar-refractivity contribution in [2.45, 2.75) is 323 Å². The molecule has 0 aliphatic carbocycles. The van der Waals surface area contributed by atoms with E-state index in [-0.39, 0.29) is 0 Å². The molecule has 0 saturated heterocycles. The minimum absolute atomic E-state index is 0.434. The summed E-state index contributed by atoms with van der Waals surface area (Å²) in [6.07, 6.45) is 55.0. The van der Waals surface area contributed by atoms with Crippen molar-refractivity contribution in [1.29, 1.82) is 0 Å². The molecule has 0 saturated carbocycles. The predicted octanol–water partition coefficient (Wildman–Crippen LogP) is 17.4. The van der Waals surface area contributed by atoms with Crippen LogP contribution in [0.3, 0.4) is 0 Å². The Morgan fingerprint density at radius 1 is 0.309 bits per heavy atom. The molecule has 0 aromatic heterocycles. The average molecular weight is 781 g/mol. The highest BCUT2D eigenvalue weighted by Gasteiger charge is 2.19. The highest BCUT2D eigenvalue weighted by molar-refractivity contribution is 5.74. The fraction of sp³-hybridized carbons (Fsp3) is 0.980. The van der Waals surface area contributed by atoms with Gasteiger partial charge in [0.05, 0.1) is 0 Å². The standard InChI is InChI=1S/C46H92O4.C5H12/c1-3-5-7-9-11-13-15-17-19-20-21-22-23-24-25-26-27-28-29-31-33-35-37-39-41-43-45(48)50-46(49)44(47)42-40-38-36-34-32-30-18-16-14-12-10-8-6-4-2;1-3-5-4-2/h44-45,47-48H,3-43H2,1-2H3;3-5H2,1-2H3. The Hall–Kier alpha value is -0.610. The number of unbranched alkanes of at least 4 members (excludes halogenated alkanes) is 39. The Morgan fingerprint density at radius 2 is 0.509 bits per heavy atom. The van der Waals surface area contributed by atoms with Gasteiger partial charge in [0.1, 0.15) is 0 Å². The number of ether oxygens (including phenoxy) is 1. The number of hydrogen-bond donors (Lipinski definition) is 2. The zero-order valence-electron chi connectivity index (χ0n) is 38.5. The molecule has 4 heteroatoms. The largest absolute Gasteiger partial charge is 0.434 e. The number of aliphatic hydroxyl groups excluding tert-OH is 2. The molecule has 0 rings (SSSR count). The quantitative estimate of drug-likeness (QED) is 0.0367. The van der Waals surface area contributed by atoms with Crippen LogP contribution in [0, 0.1) is 0 Å². The lowest BCUT2D eigenvalue weighted by Gasteiger charge is -2.15. The molecule has 0 fully saturated rings. The van der Waals surface area contributed by atoms with Crippen molar-refractivity contribution in [3.63, 3.8) is 0 Å². The summed E-state index contributed by atoms with van der Waals surface area (Å²) in [6, 6.07) is 0. The number of hydrogen-bond acceptors (Lipinski definition) is 4. The molecule has 0 radical (unpaired) electrons. The molecule has 0 heterocycles. The zero-order chi connectivity index (χ0) is 40.6. The molecule has 0 amide bonds. The molecule has 2 N–H and O–H groups in total. The first-order chi connectivity index (χ1) is 27.0. The predicted molar refractivity (Wildman–Crippen MR) is 244 cm³/mol. The van der Waals surface area contributed by atoms with Gasteiger partial charge in [0.25, 0.3) is 0 Å². The molecule has 0 aliphatic heterocycles. The topological polar surface area (TPSA) is 66.8 Å². The second-order valence-corrected chi connectivity index (χ2v) is 17.4. The first-order valence-corrected chi connectivity index (χ1v) is 25.6. The third kappa shape index (κ3) is 51.4. The minimum atomic E-state index is -1.11. The van der Waals surface area contributed by atoms with Gasteiger partial charge >= 0.3 is 5.97 Å².